The maximum absolute atomic E-state index is 12.9. The standard InChI is InChI=1S/C12H17F3N2O3/c1-11(10(19)20,12(13,14)15)17-9(18)7-5-2-3-6(4-5)8(7)16/h5-8H,2-4,16H2,1H3,(H,17,18)(H,19,20). The molecule has 0 aliphatic heterocycles. The van der Waals surface area contributed by atoms with Gasteiger partial charge in [-0.05, 0) is 38.0 Å². The molecule has 114 valence electrons. The van der Waals surface area contributed by atoms with Gasteiger partial charge in [0.05, 0.1) is 5.92 Å². The van der Waals surface area contributed by atoms with Crippen LogP contribution in [0, 0.1) is 17.8 Å². The van der Waals surface area contributed by atoms with E-state index >= 15 is 0 Å². The number of hydrogen-bond acceptors (Lipinski definition) is 3. The smallest absolute Gasteiger partial charge is 0.422 e. The molecule has 1 amide bonds. The van der Waals surface area contributed by atoms with Crippen LogP contribution in [0.15, 0.2) is 0 Å². The first-order valence-electron chi connectivity index (χ1n) is 6.45. The number of halogens is 3. The molecule has 5 unspecified atom stereocenters. The molecule has 0 aromatic heterocycles. The zero-order valence-corrected chi connectivity index (χ0v) is 10.9. The van der Waals surface area contributed by atoms with Crippen molar-refractivity contribution in [1.29, 1.82) is 0 Å². The van der Waals surface area contributed by atoms with Crippen LogP contribution in [0.1, 0.15) is 26.2 Å². The highest BCUT2D eigenvalue weighted by Gasteiger charge is 2.60. The summed E-state index contributed by atoms with van der Waals surface area (Å²) in [4.78, 5) is 23.0. The van der Waals surface area contributed by atoms with E-state index in [1.807, 2.05) is 0 Å². The number of carboxylic acids is 1. The van der Waals surface area contributed by atoms with Crippen LogP contribution in [-0.2, 0) is 9.59 Å². The fraction of sp³-hybridized carbons (Fsp3) is 0.833. The summed E-state index contributed by atoms with van der Waals surface area (Å²) in [5.41, 5.74) is 2.59. The largest absolute Gasteiger partial charge is 0.479 e. The summed E-state index contributed by atoms with van der Waals surface area (Å²) in [6.45, 7) is 0.450. The predicted molar refractivity (Wildman–Crippen MR) is 62.5 cm³/mol. The summed E-state index contributed by atoms with van der Waals surface area (Å²) < 4.78 is 38.6. The minimum atomic E-state index is -5.07. The van der Waals surface area contributed by atoms with Crippen molar-refractivity contribution < 1.29 is 27.9 Å². The molecular formula is C12H17F3N2O3. The summed E-state index contributed by atoms with van der Waals surface area (Å²) in [7, 11) is 0. The summed E-state index contributed by atoms with van der Waals surface area (Å²) in [5.74, 6) is -3.66. The summed E-state index contributed by atoms with van der Waals surface area (Å²) in [6.07, 6.45) is -2.71. The molecular weight excluding hydrogens is 277 g/mol. The highest BCUT2D eigenvalue weighted by molar-refractivity contribution is 5.89. The Morgan fingerprint density at radius 3 is 2.20 bits per heavy atom. The molecule has 2 saturated carbocycles. The Labute approximate surface area is 113 Å². The molecule has 0 radical (unpaired) electrons. The Hall–Kier alpha value is -1.31. The third-order valence-corrected chi connectivity index (χ3v) is 4.65. The van der Waals surface area contributed by atoms with E-state index in [1.54, 1.807) is 5.32 Å². The maximum atomic E-state index is 12.9. The summed E-state index contributed by atoms with van der Waals surface area (Å²) >= 11 is 0. The molecule has 0 aromatic carbocycles. The van der Waals surface area contributed by atoms with Crippen molar-refractivity contribution in [2.24, 2.45) is 23.5 Å². The van der Waals surface area contributed by atoms with E-state index in [0.29, 0.717) is 6.92 Å². The quantitative estimate of drug-likeness (QED) is 0.720. The number of nitrogens with one attached hydrogen (secondary N) is 1. The second-order valence-electron chi connectivity index (χ2n) is 5.85. The van der Waals surface area contributed by atoms with Gasteiger partial charge in [0.1, 0.15) is 0 Å². The second-order valence-corrected chi connectivity index (χ2v) is 5.85. The fourth-order valence-electron chi connectivity index (χ4n) is 3.30. The minimum Gasteiger partial charge on any atom is -0.479 e. The SMILES string of the molecule is CC(NC(=O)C1C2CCC(C2)C1N)(C(=O)O)C(F)(F)F. The van der Waals surface area contributed by atoms with Crippen molar-refractivity contribution in [3.8, 4) is 0 Å². The Balaban J connectivity index is 2.16. The normalized spacial score (nSPS) is 35.6. The molecule has 2 aliphatic rings. The van der Waals surface area contributed by atoms with Gasteiger partial charge in [0, 0.05) is 6.04 Å². The van der Waals surface area contributed by atoms with E-state index in [0.717, 1.165) is 19.3 Å². The maximum Gasteiger partial charge on any atom is 0.422 e. The zero-order valence-electron chi connectivity index (χ0n) is 10.9. The monoisotopic (exact) mass is 294 g/mol. The first-order valence-corrected chi connectivity index (χ1v) is 6.45. The molecule has 5 atom stereocenters. The number of carboxylic acid groups (broad SMARTS) is 1. The average Bonchev–Trinajstić information content (AvgIpc) is 2.86. The van der Waals surface area contributed by atoms with Gasteiger partial charge in [0.15, 0.2) is 0 Å². The van der Waals surface area contributed by atoms with Gasteiger partial charge in [-0.25, -0.2) is 4.79 Å². The highest BCUT2D eigenvalue weighted by atomic mass is 19.4. The Kier molecular flexibility index (Phi) is 3.48. The van der Waals surface area contributed by atoms with E-state index in [-0.39, 0.29) is 11.8 Å². The van der Waals surface area contributed by atoms with Crippen LogP contribution in [0.5, 0.6) is 0 Å². The topological polar surface area (TPSA) is 92.4 Å². The van der Waals surface area contributed by atoms with Gasteiger partial charge < -0.3 is 16.2 Å². The molecule has 2 aliphatic carbocycles. The van der Waals surface area contributed by atoms with Gasteiger partial charge in [0.25, 0.3) is 0 Å². The van der Waals surface area contributed by atoms with Gasteiger partial charge >= 0.3 is 12.1 Å². The first-order chi connectivity index (χ1) is 9.08. The van der Waals surface area contributed by atoms with Crippen LogP contribution in [-0.4, -0.2) is 34.7 Å². The molecule has 8 heteroatoms. The van der Waals surface area contributed by atoms with Crippen LogP contribution in [0.3, 0.4) is 0 Å². The van der Waals surface area contributed by atoms with Crippen LogP contribution < -0.4 is 11.1 Å². The van der Waals surface area contributed by atoms with Crippen molar-refractivity contribution in [3.63, 3.8) is 0 Å². The zero-order chi connectivity index (χ0) is 15.3. The van der Waals surface area contributed by atoms with Gasteiger partial charge in [-0.15, -0.1) is 0 Å². The van der Waals surface area contributed by atoms with Gasteiger partial charge in [-0.3, -0.25) is 4.79 Å². The van der Waals surface area contributed by atoms with Crippen molar-refractivity contribution in [1.82, 2.24) is 5.32 Å². The lowest BCUT2D eigenvalue weighted by molar-refractivity contribution is -0.207. The van der Waals surface area contributed by atoms with E-state index in [1.165, 1.54) is 0 Å². The number of amides is 1. The van der Waals surface area contributed by atoms with Crippen molar-refractivity contribution in [2.75, 3.05) is 0 Å². The van der Waals surface area contributed by atoms with E-state index < -0.39 is 35.6 Å². The molecule has 0 aromatic rings. The van der Waals surface area contributed by atoms with Gasteiger partial charge in [0.2, 0.25) is 11.4 Å². The molecule has 2 bridgehead atoms. The Bertz CT molecular complexity index is 438. The summed E-state index contributed by atoms with van der Waals surface area (Å²) in [6, 6.07) is -0.486. The number of aliphatic carboxylic acids is 1. The third-order valence-electron chi connectivity index (χ3n) is 4.65. The van der Waals surface area contributed by atoms with Crippen LogP contribution in [0.4, 0.5) is 13.2 Å². The number of hydrogen-bond donors (Lipinski definition) is 3. The molecule has 0 saturated heterocycles. The number of alkyl halides is 3. The van der Waals surface area contributed by atoms with E-state index in [4.69, 9.17) is 10.8 Å². The molecule has 0 heterocycles. The molecule has 20 heavy (non-hydrogen) atoms. The number of rotatable bonds is 3. The average molecular weight is 294 g/mol. The lowest BCUT2D eigenvalue weighted by Crippen LogP contribution is -2.64. The summed E-state index contributed by atoms with van der Waals surface area (Å²) in [5, 5.41) is 10.4. The third kappa shape index (κ3) is 2.15. The van der Waals surface area contributed by atoms with E-state index in [2.05, 4.69) is 0 Å². The lowest BCUT2D eigenvalue weighted by atomic mass is 9.83. The number of nitrogens with two attached hydrogens (primary N) is 1. The molecule has 2 rings (SSSR count). The minimum absolute atomic E-state index is 0.0405. The van der Waals surface area contributed by atoms with Crippen molar-refractivity contribution in [3.05, 3.63) is 0 Å². The molecule has 4 N–H and O–H groups in total. The van der Waals surface area contributed by atoms with Crippen LogP contribution in [0.2, 0.25) is 0 Å². The molecule has 2 fully saturated rings. The van der Waals surface area contributed by atoms with Crippen LogP contribution >= 0.6 is 0 Å². The Morgan fingerprint density at radius 1 is 1.25 bits per heavy atom. The van der Waals surface area contributed by atoms with Crippen LogP contribution in [0.25, 0.3) is 0 Å². The first kappa shape index (κ1) is 15.1. The highest BCUT2D eigenvalue weighted by Crippen LogP contribution is 2.48. The molecule has 0 spiro atoms. The number of fused-ring (bicyclic) bond motifs is 2. The van der Waals surface area contributed by atoms with Gasteiger partial charge in [-0.1, -0.05) is 0 Å². The van der Waals surface area contributed by atoms with Crippen molar-refractivity contribution >= 4 is 11.9 Å². The number of carbonyl (C=O) groups excluding carboxylic acids is 1. The predicted octanol–water partition coefficient (Wildman–Crippen LogP) is 0.882. The van der Waals surface area contributed by atoms with Gasteiger partial charge in [-0.2, -0.15) is 13.2 Å². The Morgan fingerprint density at radius 2 is 1.80 bits per heavy atom. The van der Waals surface area contributed by atoms with Crippen molar-refractivity contribution in [2.45, 2.75) is 43.9 Å². The fourth-order valence-corrected chi connectivity index (χ4v) is 3.30. The van der Waals surface area contributed by atoms with E-state index in [9.17, 15) is 22.8 Å². The molecule has 5 nitrogen and oxygen atoms in total. The lowest BCUT2D eigenvalue weighted by Gasteiger charge is -2.33. The second kappa shape index (κ2) is 4.61. The number of carbonyl (C=O) groups is 2.